The molecule has 6 nitrogen and oxygen atoms in total. The first kappa shape index (κ1) is 65.9. The van der Waals surface area contributed by atoms with Crippen LogP contribution in [-0.4, -0.2) is 37.2 Å². The number of carbonyl (C=O) groups is 3. The molecule has 0 aliphatic carbocycles. The fraction of sp³-hybridized carbons (Fsp3) is 0.887. The van der Waals surface area contributed by atoms with E-state index >= 15 is 0 Å². The largest absolute Gasteiger partial charge is 0.462 e. The molecule has 0 saturated carbocycles. The molecule has 0 aromatic rings. The maximum absolute atomic E-state index is 12.8. The molecule has 0 saturated heterocycles. The first-order valence-electron chi connectivity index (χ1n) is 30.3. The van der Waals surface area contributed by atoms with Gasteiger partial charge in [0.05, 0.1) is 0 Å². The summed E-state index contributed by atoms with van der Waals surface area (Å²) < 4.78 is 16.7. The summed E-state index contributed by atoms with van der Waals surface area (Å²) in [5.41, 5.74) is 0. The Morgan fingerprint density at radius 3 is 0.824 bits per heavy atom. The molecule has 1 unspecified atom stereocenters. The number of unbranched alkanes of at least 4 members (excludes halogenated alkanes) is 41. The summed E-state index contributed by atoms with van der Waals surface area (Å²) in [5.74, 6) is -0.874. The van der Waals surface area contributed by atoms with Gasteiger partial charge in [-0.1, -0.05) is 289 Å². The summed E-state index contributed by atoms with van der Waals surface area (Å²) in [5, 5.41) is 0. The third kappa shape index (κ3) is 54.8. The van der Waals surface area contributed by atoms with Gasteiger partial charge in [-0.25, -0.2) is 0 Å². The topological polar surface area (TPSA) is 78.9 Å². The molecule has 1 atom stereocenters. The van der Waals surface area contributed by atoms with Crippen LogP contribution in [0.5, 0.6) is 0 Å². The highest BCUT2D eigenvalue weighted by Crippen LogP contribution is 2.18. The Morgan fingerprint density at radius 2 is 0.529 bits per heavy atom. The van der Waals surface area contributed by atoms with E-state index in [0.29, 0.717) is 19.3 Å². The summed E-state index contributed by atoms with van der Waals surface area (Å²) in [4.78, 5) is 37.8. The van der Waals surface area contributed by atoms with Crippen molar-refractivity contribution in [3.05, 3.63) is 24.3 Å². The standard InChI is InChI=1S/C62H116O6/c1-4-7-10-13-15-17-19-21-23-25-27-28-29-30-31-32-33-34-35-37-38-40-42-44-46-49-52-55-61(64)67-58-59(57-66-60(63)54-51-48-12-9-6-3)68-62(65)56-53-50-47-45-43-41-39-36-26-24-22-20-18-16-14-11-8-5-2/h18,20,24,26,59H,4-17,19,21-23,25,27-58H2,1-3H3/b20-18-,26-24-. The van der Waals surface area contributed by atoms with Crippen molar-refractivity contribution >= 4 is 17.9 Å². The second-order valence-electron chi connectivity index (χ2n) is 20.6. The van der Waals surface area contributed by atoms with Gasteiger partial charge in [-0.3, -0.25) is 14.4 Å². The minimum atomic E-state index is -0.769. The minimum absolute atomic E-state index is 0.0706. The van der Waals surface area contributed by atoms with Crippen LogP contribution in [0.3, 0.4) is 0 Å². The van der Waals surface area contributed by atoms with Crippen LogP contribution in [0.1, 0.15) is 335 Å². The number of ether oxygens (including phenoxy) is 3. The molecule has 0 aliphatic heterocycles. The number of hydrogen-bond donors (Lipinski definition) is 0. The Labute approximate surface area is 423 Å². The number of rotatable bonds is 56. The summed E-state index contributed by atoms with van der Waals surface area (Å²) >= 11 is 0. The van der Waals surface area contributed by atoms with Crippen molar-refractivity contribution in [1.82, 2.24) is 0 Å². The van der Waals surface area contributed by atoms with Gasteiger partial charge in [-0.15, -0.1) is 0 Å². The van der Waals surface area contributed by atoms with Crippen molar-refractivity contribution in [3.8, 4) is 0 Å². The molecular weight excluding hydrogens is 841 g/mol. The summed E-state index contributed by atoms with van der Waals surface area (Å²) in [6.45, 7) is 6.58. The Morgan fingerprint density at radius 1 is 0.294 bits per heavy atom. The molecule has 68 heavy (non-hydrogen) atoms. The highest BCUT2D eigenvalue weighted by molar-refractivity contribution is 5.71. The molecule has 0 amide bonds. The molecule has 0 heterocycles. The van der Waals surface area contributed by atoms with Crippen molar-refractivity contribution in [2.75, 3.05) is 13.2 Å². The molecule has 0 spiro atoms. The molecule has 0 bridgehead atoms. The van der Waals surface area contributed by atoms with E-state index in [2.05, 4.69) is 45.1 Å². The van der Waals surface area contributed by atoms with Crippen LogP contribution >= 0.6 is 0 Å². The van der Waals surface area contributed by atoms with Gasteiger partial charge >= 0.3 is 17.9 Å². The molecule has 0 aromatic heterocycles. The SMILES string of the molecule is CCCCCC/C=C\C/C=C\CCCCCCCCCC(=O)OC(COC(=O)CCCCCCC)COC(=O)CCCCCCCCCCCCCCCCCCCCCCCCCCCCC. The maximum Gasteiger partial charge on any atom is 0.306 e. The quantitative estimate of drug-likeness (QED) is 0.0262. The average molecular weight is 958 g/mol. The van der Waals surface area contributed by atoms with Crippen LogP contribution < -0.4 is 0 Å². The fourth-order valence-electron chi connectivity index (χ4n) is 9.12. The Kier molecular flexibility index (Phi) is 55.7. The summed E-state index contributed by atoms with van der Waals surface area (Å²) in [6.07, 6.45) is 68.1. The van der Waals surface area contributed by atoms with Crippen molar-refractivity contribution in [2.45, 2.75) is 341 Å². The predicted molar refractivity (Wildman–Crippen MR) is 293 cm³/mol. The lowest BCUT2D eigenvalue weighted by atomic mass is 10.0. The third-order valence-electron chi connectivity index (χ3n) is 13.7. The monoisotopic (exact) mass is 957 g/mol. The number of hydrogen-bond acceptors (Lipinski definition) is 6. The van der Waals surface area contributed by atoms with Crippen molar-refractivity contribution < 1.29 is 28.6 Å². The maximum atomic E-state index is 12.8. The van der Waals surface area contributed by atoms with Crippen LogP contribution in [0.25, 0.3) is 0 Å². The minimum Gasteiger partial charge on any atom is -0.462 e. The van der Waals surface area contributed by atoms with E-state index in [0.717, 1.165) is 77.0 Å². The highest BCUT2D eigenvalue weighted by atomic mass is 16.6. The normalized spacial score (nSPS) is 12.1. The Balaban J connectivity index is 3.98. The Bertz CT molecular complexity index is 1100. The van der Waals surface area contributed by atoms with E-state index in [1.54, 1.807) is 0 Å². The number of carbonyl (C=O) groups excluding carboxylic acids is 3. The second-order valence-corrected chi connectivity index (χ2v) is 20.6. The van der Waals surface area contributed by atoms with Gasteiger partial charge in [0.15, 0.2) is 6.10 Å². The first-order valence-corrected chi connectivity index (χ1v) is 30.3. The van der Waals surface area contributed by atoms with Gasteiger partial charge in [0, 0.05) is 19.3 Å². The zero-order chi connectivity index (χ0) is 49.3. The van der Waals surface area contributed by atoms with Crippen LogP contribution in [0.2, 0.25) is 0 Å². The number of allylic oxidation sites excluding steroid dienone is 4. The van der Waals surface area contributed by atoms with Gasteiger partial charge < -0.3 is 14.2 Å². The van der Waals surface area contributed by atoms with Crippen LogP contribution in [-0.2, 0) is 28.6 Å². The summed E-state index contributed by atoms with van der Waals surface area (Å²) in [6, 6.07) is 0. The molecule has 0 aliphatic rings. The lowest BCUT2D eigenvalue weighted by Crippen LogP contribution is -2.30. The molecule has 400 valence electrons. The van der Waals surface area contributed by atoms with Gasteiger partial charge in [-0.05, 0) is 51.4 Å². The molecule has 6 heteroatoms. The smallest absolute Gasteiger partial charge is 0.306 e. The van der Waals surface area contributed by atoms with Crippen molar-refractivity contribution in [1.29, 1.82) is 0 Å². The van der Waals surface area contributed by atoms with Crippen molar-refractivity contribution in [2.24, 2.45) is 0 Å². The number of esters is 3. The van der Waals surface area contributed by atoms with Crippen LogP contribution in [0.15, 0.2) is 24.3 Å². The predicted octanol–water partition coefficient (Wildman–Crippen LogP) is 20.3. The molecule has 0 fully saturated rings. The molecule has 0 radical (unpaired) electrons. The zero-order valence-corrected chi connectivity index (χ0v) is 45.9. The van der Waals surface area contributed by atoms with E-state index in [1.807, 2.05) is 0 Å². The molecule has 0 N–H and O–H groups in total. The van der Waals surface area contributed by atoms with Crippen LogP contribution in [0, 0.1) is 0 Å². The van der Waals surface area contributed by atoms with Gasteiger partial charge in [0.25, 0.3) is 0 Å². The zero-order valence-electron chi connectivity index (χ0n) is 45.9. The summed E-state index contributed by atoms with van der Waals surface area (Å²) in [7, 11) is 0. The second kappa shape index (κ2) is 57.5. The van der Waals surface area contributed by atoms with Gasteiger partial charge in [-0.2, -0.15) is 0 Å². The van der Waals surface area contributed by atoms with E-state index in [1.165, 1.54) is 218 Å². The van der Waals surface area contributed by atoms with Crippen LogP contribution in [0.4, 0.5) is 0 Å². The fourth-order valence-corrected chi connectivity index (χ4v) is 9.12. The van der Waals surface area contributed by atoms with E-state index in [4.69, 9.17) is 14.2 Å². The van der Waals surface area contributed by atoms with E-state index in [-0.39, 0.29) is 31.1 Å². The first-order chi connectivity index (χ1) is 33.5. The highest BCUT2D eigenvalue weighted by Gasteiger charge is 2.19. The lowest BCUT2D eigenvalue weighted by molar-refractivity contribution is -0.167. The molecule has 0 aromatic carbocycles. The van der Waals surface area contributed by atoms with Gasteiger partial charge in [0.2, 0.25) is 0 Å². The lowest BCUT2D eigenvalue weighted by Gasteiger charge is -2.18. The van der Waals surface area contributed by atoms with Crippen molar-refractivity contribution in [3.63, 3.8) is 0 Å². The molecular formula is C62H116O6. The molecule has 0 rings (SSSR count). The van der Waals surface area contributed by atoms with E-state index < -0.39 is 6.10 Å². The van der Waals surface area contributed by atoms with E-state index in [9.17, 15) is 14.4 Å². The third-order valence-corrected chi connectivity index (χ3v) is 13.7. The van der Waals surface area contributed by atoms with Gasteiger partial charge in [0.1, 0.15) is 13.2 Å². The Hall–Kier alpha value is -2.11. The average Bonchev–Trinajstić information content (AvgIpc) is 3.34.